The van der Waals surface area contributed by atoms with E-state index < -0.39 is 11.7 Å². The maximum Gasteiger partial charge on any atom is 0.254 e. The van der Waals surface area contributed by atoms with Crippen molar-refractivity contribution in [1.82, 2.24) is 10.2 Å². The van der Waals surface area contributed by atoms with Gasteiger partial charge in [-0.25, -0.2) is 4.39 Å². The summed E-state index contributed by atoms with van der Waals surface area (Å²) in [5.41, 5.74) is 2.29. The smallest absolute Gasteiger partial charge is 0.254 e. The molecule has 25 heavy (non-hydrogen) atoms. The Labute approximate surface area is 152 Å². The van der Waals surface area contributed by atoms with E-state index in [0.717, 1.165) is 31.3 Å². The molecule has 0 radical (unpaired) electrons. The predicted molar refractivity (Wildman–Crippen MR) is 98.2 cm³/mol. The topological polar surface area (TPSA) is 32.3 Å². The normalized spacial score (nSPS) is 15.1. The molecule has 1 N–H and O–H groups in total. The second-order valence-electron chi connectivity index (χ2n) is 6.41. The monoisotopic (exact) mass is 360 g/mol. The lowest BCUT2D eigenvalue weighted by Gasteiger charge is -2.27. The Morgan fingerprint density at radius 1 is 1.08 bits per heavy atom. The maximum atomic E-state index is 13.9. The predicted octanol–water partition coefficient (Wildman–Crippen LogP) is 4.40. The molecule has 0 atom stereocenters. The number of amides is 1. The van der Waals surface area contributed by atoms with Gasteiger partial charge in [-0.05, 0) is 55.3 Å². The molecule has 3 nitrogen and oxygen atoms in total. The van der Waals surface area contributed by atoms with Crippen LogP contribution in [-0.4, -0.2) is 23.9 Å². The molecular formula is C20H22ClFN2O. The summed E-state index contributed by atoms with van der Waals surface area (Å²) < 4.78 is 13.9. The number of nitrogens with one attached hydrogen (secondary N) is 1. The Morgan fingerprint density at radius 3 is 2.52 bits per heavy atom. The standard InChI is InChI=1S/C20H22ClFN2O/c21-17-8-9-18(19(22)12-17)20(25)23-13-15-6-2-3-7-16(15)14-24-10-4-1-5-11-24/h2-3,6-9,12H,1,4-5,10-11,13-14H2,(H,23,25). The van der Waals surface area contributed by atoms with Crippen molar-refractivity contribution in [3.8, 4) is 0 Å². The summed E-state index contributed by atoms with van der Waals surface area (Å²) >= 11 is 5.73. The van der Waals surface area contributed by atoms with Crippen LogP contribution in [0.5, 0.6) is 0 Å². The molecule has 0 saturated carbocycles. The van der Waals surface area contributed by atoms with Crippen LogP contribution >= 0.6 is 11.6 Å². The van der Waals surface area contributed by atoms with Crippen molar-refractivity contribution in [1.29, 1.82) is 0 Å². The minimum Gasteiger partial charge on any atom is -0.348 e. The van der Waals surface area contributed by atoms with Crippen molar-refractivity contribution in [2.75, 3.05) is 13.1 Å². The molecule has 2 aromatic rings. The van der Waals surface area contributed by atoms with Crippen molar-refractivity contribution in [3.63, 3.8) is 0 Å². The van der Waals surface area contributed by atoms with Crippen LogP contribution in [0.3, 0.4) is 0 Å². The van der Waals surface area contributed by atoms with Gasteiger partial charge < -0.3 is 5.32 Å². The van der Waals surface area contributed by atoms with Gasteiger partial charge in [0.15, 0.2) is 0 Å². The van der Waals surface area contributed by atoms with Crippen LogP contribution < -0.4 is 5.32 Å². The summed E-state index contributed by atoms with van der Waals surface area (Å²) in [6.45, 7) is 3.51. The summed E-state index contributed by atoms with van der Waals surface area (Å²) in [7, 11) is 0. The lowest BCUT2D eigenvalue weighted by Crippen LogP contribution is -2.30. The van der Waals surface area contributed by atoms with Crippen molar-refractivity contribution in [2.45, 2.75) is 32.4 Å². The number of piperidine rings is 1. The van der Waals surface area contributed by atoms with E-state index in [2.05, 4.69) is 16.3 Å². The fourth-order valence-electron chi connectivity index (χ4n) is 3.19. The SMILES string of the molecule is O=C(NCc1ccccc1CN1CCCCC1)c1ccc(Cl)cc1F. The number of likely N-dealkylation sites (tertiary alicyclic amines) is 1. The molecule has 0 spiro atoms. The fraction of sp³-hybridized carbons (Fsp3) is 0.350. The van der Waals surface area contributed by atoms with E-state index in [-0.39, 0.29) is 10.6 Å². The molecule has 132 valence electrons. The molecule has 1 fully saturated rings. The van der Waals surface area contributed by atoms with Crippen LogP contribution in [0, 0.1) is 5.82 Å². The average molecular weight is 361 g/mol. The van der Waals surface area contributed by atoms with Crippen molar-refractivity contribution in [3.05, 3.63) is 70.0 Å². The molecule has 3 rings (SSSR count). The quantitative estimate of drug-likeness (QED) is 0.857. The molecule has 1 aliphatic rings. The first kappa shape index (κ1) is 17.9. The highest BCUT2D eigenvalue weighted by atomic mass is 35.5. The zero-order chi connectivity index (χ0) is 17.6. The van der Waals surface area contributed by atoms with Gasteiger partial charge in [-0.3, -0.25) is 9.69 Å². The second kappa shape index (κ2) is 8.45. The van der Waals surface area contributed by atoms with Crippen LogP contribution in [-0.2, 0) is 13.1 Å². The highest BCUT2D eigenvalue weighted by Crippen LogP contribution is 2.17. The number of nitrogens with zero attached hydrogens (tertiary/aromatic N) is 1. The third-order valence-electron chi connectivity index (χ3n) is 4.58. The van der Waals surface area contributed by atoms with Crippen molar-refractivity contribution < 1.29 is 9.18 Å². The fourth-order valence-corrected chi connectivity index (χ4v) is 3.35. The minimum atomic E-state index is -0.605. The zero-order valence-electron chi connectivity index (χ0n) is 14.1. The Morgan fingerprint density at radius 2 is 1.80 bits per heavy atom. The van der Waals surface area contributed by atoms with Crippen molar-refractivity contribution >= 4 is 17.5 Å². The molecule has 0 aromatic heterocycles. The van der Waals surface area contributed by atoms with Crippen LogP contribution in [0.25, 0.3) is 0 Å². The summed E-state index contributed by atoms with van der Waals surface area (Å²) in [5, 5.41) is 3.09. The number of rotatable bonds is 5. The maximum absolute atomic E-state index is 13.9. The largest absolute Gasteiger partial charge is 0.348 e. The zero-order valence-corrected chi connectivity index (χ0v) is 14.9. The first-order chi connectivity index (χ1) is 12.1. The molecule has 1 amide bonds. The van der Waals surface area contributed by atoms with E-state index in [0.29, 0.717) is 6.54 Å². The van der Waals surface area contributed by atoms with Crippen LogP contribution in [0.15, 0.2) is 42.5 Å². The number of hydrogen-bond donors (Lipinski definition) is 1. The molecule has 0 bridgehead atoms. The van der Waals surface area contributed by atoms with Crippen LogP contribution in [0.4, 0.5) is 4.39 Å². The summed E-state index contributed by atoms with van der Waals surface area (Å²) in [4.78, 5) is 14.7. The molecular weight excluding hydrogens is 339 g/mol. The number of hydrogen-bond acceptors (Lipinski definition) is 2. The van der Waals surface area contributed by atoms with Gasteiger partial charge in [0.05, 0.1) is 5.56 Å². The minimum absolute atomic E-state index is 0.0120. The summed E-state index contributed by atoms with van der Waals surface area (Å²) in [6.07, 6.45) is 3.80. The van der Waals surface area contributed by atoms with E-state index >= 15 is 0 Å². The van der Waals surface area contributed by atoms with Gasteiger partial charge in [-0.1, -0.05) is 42.3 Å². The van der Waals surface area contributed by atoms with Crippen molar-refractivity contribution in [2.24, 2.45) is 0 Å². The van der Waals surface area contributed by atoms with Crippen LogP contribution in [0.2, 0.25) is 5.02 Å². The molecule has 1 saturated heterocycles. The van der Waals surface area contributed by atoms with Gasteiger partial charge in [0.1, 0.15) is 5.82 Å². The van der Waals surface area contributed by atoms with Gasteiger partial charge >= 0.3 is 0 Å². The van der Waals surface area contributed by atoms with Gasteiger partial charge in [0.2, 0.25) is 0 Å². The Kier molecular flexibility index (Phi) is 6.05. The van der Waals surface area contributed by atoms with Gasteiger partial charge in [-0.2, -0.15) is 0 Å². The van der Waals surface area contributed by atoms with Gasteiger partial charge in [-0.15, -0.1) is 0 Å². The van der Waals surface area contributed by atoms with E-state index in [1.807, 2.05) is 18.2 Å². The molecule has 2 aromatic carbocycles. The molecule has 0 aliphatic carbocycles. The van der Waals surface area contributed by atoms with Gasteiger partial charge in [0, 0.05) is 18.1 Å². The molecule has 1 heterocycles. The van der Waals surface area contributed by atoms with Gasteiger partial charge in [0.25, 0.3) is 5.91 Å². The lowest BCUT2D eigenvalue weighted by atomic mass is 10.0. The highest BCUT2D eigenvalue weighted by molar-refractivity contribution is 6.30. The number of benzene rings is 2. The molecule has 0 unspecified atom stereocenters. The van der Waals surface area contributed by atoms with E-state index in [1.165, 1.54) is 37.0 Å². The van der Waals surface area contributed by atoms with E-state index in [1.54, 1.807) is 0 Å². The second-order valence-corrected chi connectivity index (χ2v) is 6.85. The Balaban J connectivity index is 1.65. The first-order valence-corrected chi connectivity index (χ1v) is 9.03. The number of carbonyl (C=O) groups is 1. The van der Waals surface area contributed by atoms with Crippen LogP contribution in [0.1, 0.15) is 40.7 Å². The van der Waals surface area contributed by atoms with E-state index in [9.17, 15) is 9.18 Å². The summed E-state index contributed by atoms with van der Waals surface area (Å²) in [5.74, 6) is -1.03. The summed E-state index contributed by atoms with van der Waals surface area (Å²) in [6, 6.07) is 12.2. The van der Waals surface area contributed by atoms with E-state index in [4.69, 9.17) is 11.6 Å². The highest BCUT2D eigenvalue weighted by Gasteiger charge is 2.14. The molecule has 1 aliphatic heterocycles. The number of halogens is 2. The lowest BCUT2D eigenvalue weighted by molar-refractivity contribution is 0.0946. The third kappa shape index (κ3) is 4.80. The molecule has 5 heteroatoms. The number of carbonyl (C=O) groups excluding carboxylic acids is 1. The first-order valence-electron chi connectivity index (χ1n) is 8.66. The third-order valence-corrected chi connectivity index (χ3v) is 4.81. The average Bonchev–Trinajstić information content (AvgIpc) is 2.61. The Bertz CT molecular complexity index is 744. The Hall–Kier alpha value is -1.91.